The van der Waals surface area contributed by atoms with Crippen LogP contribution in [0, 0.1) is 5.92 Å². The number of hydrogen-bond acceptors (Lipinski definition) is 4. The summed E-state index contributed by atoms with van der Waals surface area (Å²) in [6, 6.07) is 5.65. The van der Waals surface area contributed by atoms with Crippen LogP contribution in [-0.4, -0.2) is 16.7 Å². The average molecular weight is 406 g/mol. The summed E-state index contributed by atoms with van der Waals surface area (Å²) in [5.41, 5.74) is 1.49. The molecule has 0 radical (unpaired) electrons. The van der Waals surface area contributed by atoms with Crippen LogP contribution >= 0.6 is 23.2 Å². The van der Waals surface area contributed by atoms with Crippen LogP contribution in [0.5, 0.6) is 5.75 Å². The van der Waals surface area contributed by atoms with Crippen LogP contribution in [0.1, 0.15) is 18.9 Å². The van der Waals surface area contributed by atoms with E-state index in [2.05, 4.69) is 17.2 Å². The smallest absolute Gasteiger partial charge is 0.316 e. The fourth-order valence-electron chi connectivity index (χ4n) is 3.03. The second-order valence-corrected chi connectivity index (χ2v) is 7.19. The Bertz CT molecular complexity index is 951. The van der Waals surface area contributed by atoms with E-state index in [1.807, 2.05) is 41.0 Å². The first kappa shape index (κ1) is 19.5. The van der Waals surface area contributed by atoms with Crippen molar-refractivity contribution >= 4 is 34.8 Å². The highest BCUT2D eigenvalue weighted by atomic mass is 35.5. The number of anilines is 2. The Kier molecular flexibility index (Phi) is 6.24. The third-order valence-corrected chi connectivity index (χ3v) is 4.91. The SMILES string of the molecule is CCc1ccc(Cl)cc1Nc1nc(=O)c(OC)cn1CC1C=C(Cl)C=CC1. The molecular formula is C20H21Cl2N3O2. The zero-order valence-corrected chi connectivity index (χ0v) is 16.7. The number of ether oxygens (including phenoxy) is 1. The van der Waals surface area contributed by atoms with Gasteiger partial charge < -0.3 is 14.6 Å². The molecule has 1 aliphatic rings. The molecule has 0 spiro atoms. The van der Waals surface area contributed by atoms with Crippen molar-refractivity contribution in [2.24, 2.45) is 5.92 Å². The van der Waals surface area contributed by atoms with Crippen molar-refractivity contribution < 1.29 is 4.74 Å². The van der Waals surface area contributed by atoms with Gasteiger partial charge in [-0.05, 0) is 36.6 Å². The maximum atomic E-state index is 12.2. The first-order valence-corrected chi connectivity index (χ1v) is 9.50. The Hall–Kier alpha value is -2.24. The molecule has 5 nitrogen and oxygen atoms in total. The molecule has 1 unspecified atom stereocenters. The second kappa shape index (κ2) is 8.63. The lowest BCUT2D eigenvalue weighted by atomic mass is 10.0. The van der Waals surface area contributed by atoms with Crippen LogP contribution in [0.4, 0.5) is 11.6 Å². The lowest BCUT2D eigenvalue weighted by Crippen LogP contribution is -2.21. The third-order valence-electron chi connectivity index (χ3n) is 4.42. The minimum absolute atomic E-state index is 0.196. The summed E-state index contributed by atoms with van der Waals surface area (Å²) in [7, 11) is 1.46. The van der Waals surface area contributed by atoms with Crippen molar-refractivity contribution in [1.29, 1.82) is 0 Å². The van der Waals surface area contributed by atoms with Gasteiger partial charge >= 0.3 is 5.56 Å². The Labute approximate surface area is 168 Å². The molecule has 1 aromatic heterocycles. The van der Waals surface area contributed by atoms with E-state index in [4.69, 9.17) is 27.9 Å². The van der Waals surface area contributed by atoms with Gasteiger partial charge in [-0.25, -0.2) is 0 Å². The van der Waals surface area contributed by atoms with E-state index in [0.717, 1.165) is 24.1 Å². The van der Waals surface area contributed by atoms with Crippen LogP contribution in [0.15, 0.2) is 52.5 Å². The molecule has 0 bridgehead atoms. The number of nitrogens with one attached hydrogen (secondary N) is 1. The molecule has 0 amide bonds. The van der Waals surface area contributed by atoms with Crippen LogP contribution in [-0.2, 0) is 13.0 Å². The van der Waals surface area contributed by atoms with Crippen LogP contribution < -0.4 is 15.6 Å². The largest absolute Gasteiger partial charge is 0.490 e. The molecule has 1 aromatic carbocycles. The molecule has 1 aliphatic carbocycles. The van der Waals surface area contributed by atoms with Gasteiger partial charge in [-0.1, -0.05) is 48.3 Å². The highest BCUT2D eigenvalue weighted by molar-refractivity contribution is 6.31. The summed E-state index contributed by atoms with van der Waals surface area (Å²) >= 11 is 12.3. The molecule has 1 heterocycles. The first-order valence-electron chi connectivity index (χ1n) is 8.75. The van der Waals surface area contributed by atoms with E-state index in [9.17, 15) is 4.79 Å². The average Bonchev–Trinajstić information content (AvgIpc) is 2.64. The summed E-state index contributed by atoms with van der Waals surface area (Å²) < 4.78 is 7.05. The van der Waals surface area contributed by atoms with Crippen molar-refractivity contribution in [1.82, 2.24) is 9.55 Å². The molecule has 142 valence electrons. The van der Waals surface area contributed by atoms with E-state index < -0.39 is 5.56 Å². The summed E-state index contributed by atoms with van der Waals surface area (Å²) in [4.78, 5) is 16.4. The molecule has 7 heteroatoms. The van der Waals surface area contributed by atoms with E-state index >= 15 is 0 Å². The molecule has 0 saturated heterocycles. The number of nitrogens with zero attached hydrogens (tertiary/aromatic N) is 2. The van der Waals surface area contributed by atoms with E-state index in [-0.39, 0.29) is 11.7 Å². The van der Waals surface area contributed by atoms with Gasteiger partial charge in [-0.15, -0.1) is 0 Å². The van der Waals surface area contributed by atoms with Gasteiger partial charge in [0.05, 0.1) is 13.3 Å². The molecule has 2 aromatic rings. The van der Waals surface area contributed by atoms with Crippen LogP contribution in [0.25, 0.3) is 0 Å². The van der Waals surface area contributed by atoms with Gasteiger partial charge in [0, 0.05) is 28.2 Å². The lowest BCUT2D eigenvalue weighted by Gasteiger charge is -2.21. The van der Waals surface area contributed by atoms with E-state index in [1.54, 1.807) is 6.20 Å². The van der Waals surface area contributed by atoms with Crippen molar-refractivity contribution in [3.8, 4) is 5.75 Å². The molecule has 1 atom stereocenters. The topological polar surface area (TPSA) is 56.1 Å². The van der Waals surface area contributed by atoms with Gasteiger partial charge in [-0.2, -0.15) is 4.98 Å². The van der Waals surface area contributed by atoms with E-state index in [1.165, 1.54) is 7.11 Å². The third kappa shape index (κ3) is 4.73. The number of aryl methyl sites for hydroxylation is 1. The summed E-state index contributed by atoms with van der Waals surface area (Å²) in [6.45, 7) is 2.67. The normalized spacial score (nSPS) is 16.1. The van der Waals surface area contributed by atoms with Gasteiger partial charge in [0.2, 0.25) is 11.7 Å². The standard InChI is InChI=1S/C20H21Cl2N3O2/c1-3-14-7-8-16(22)10-17(14)23-20-24-19(26)18(27-2)12-25(20)11-13-5-4-6-15(21)9-13/h4,6-10,12-13H,3,5,11H2,1-2H3,(H,23,24,26). The molecular weight excluding hydrogens is 385 g/mol. The highest BCUT2D eigenvalue weighted by Gasteiger charge is 2.15. The quantitative estimate of drug-likeness (QED) is 0.741. The van der Waals surface area contributed by atoms with Gasteiger partial charge in [0.25, 0.3) is 0 Å². The number of hydrogen-bond donors (Lipinski definition) is 1. The molecule has 0 fully saturated rings. The zero-order chi connectivity index (χ0) is 19.4. The Morgan fingerprint density at radius 1 is 1.37 bits per heavy atom. The lowest BCUT2D eigenvalue weighted by molar-refractivity contribution is 0.398. The Morgan fingerprint density at radius 2 is 2.19 bits per heavy atom. The number of benzene rings is 1. The van der Waals surface area contributed by atoms with Crippen molar-refractivity contribution in [3.05, 3.63) is 68.6 Å². The monoisotopic (exact) mass is 405 g/mol. The zero-order valence-electron chi connectivity index (χ0n) is 15.2. The predicted molar refractivity (Wildman–Crippen MR) is 110 cm³/mol. The maximum Gasteiger partial charge on any atom is 0.316 e. The number of rotatable bonds is 6. The summed E-state index contributed by atoms with van der Waals surface area (Å²) in [5.74, 6) is 0.836. The maximum absolute atomic E-state index is 12.2. The fourth-order valence-corrected chi connectivity index (χ4v) is 3.47. The second-order valence-electron chi connectivity index (χ2n) is 6.32. The predicted octanol–water partition coefficient (Wildman–Crippen LogP) is 4.91. The number of methoxy groups -OCH3 is 1. The molecule has 1 N–H and O–H groups in total. The van der Waals surface area contributed by atoms with Gasteiger partial charge in [0.1, 0.15) is 0 Å². The van der Waals surface area contributed by atoms with Gasteiger partial charge in [0.15, 0.2) is 0 Å². The Balaban J connectivity index is 1.99. The number of halogens is 2. The molecule has 27 heavy (non-hydrogen) atoms. The van der Waals surface area contributed by atoms with Crippen LogP contribution in [0.3, 0.4) is 0 Å². The first-order chi connectivity index (χ1) is 13.0. The van der Waals surface area contributed by atoms with Crippen LogP contribution in [0.2, 0.25) is 5.02 Å². The fraction of sp³-hybridized carbons (Fsp3) is 0.300. The van der Waals surface area contributed by atoms with E-state index in [0.29, 0.717) is 22.5 Å². The van der Waals surface area contributed by atoms with Crippen molar-refractivity contribution in [2.45, 2.75) is 26.3 Å². The summed E-state index contributed by atoms with van der Waals surface area (Å²) in [6.07, 6.45) is 9.30. The highest BCUT2D eigenvalue weighted by Crippen LogP contribution is 2.26. The minimum Gasteiger partial charge on any atom is -0.490 e. The van der Waals surface area contributed by atoms with Gasteiger partial charge in [-0.3, -0.25) is 4.79 Å². The number of allylic oxidation sites excluding steroid dienone is 4. The molecule has 0 aliphatic heterocycles. The Morgan fingerprint density at radius 3 is 2.89 bits per heavy atom. The molecule has 0 saturated carbocycles. The van der Waals surface area contributed by atoms with Crippen molar-refractivity contribution in [3.63, 3.8) is 0 Å². The summed E-state index contributed by atoms with van der Waals surface area (Å²) in [5, 5.41) is 4.59. The number of aromatic nitrogens is 2. The van der Waals surface area contributed by atoms with Crippen molar-refractivity contribution in [2.75, 3.05) is 12.4 Å². The molecule has 3 rings (SSSR count). The minimum atomic E-state index is -0.423.